The number of carbonyl (C=O) groups is 2. The molecule has 19 heavy (non-hydrogen) atoms. The number of rotatable bonds is 8. The van der Waals surface area contributed by atoms with E-state index in [0.29, 0.717) is 0 Å². The van der Waals surface area contributed by atoms with Crippen molar-refractivity contribution in [3.05, 3.63) is 12.2 Å². The van der Waals surface area contributed by atoms with E-state index in [0.717, 1.165) is 0 Å². The number of carbonyl (C=O) groups excluding carboxylic acids is 2. The highest BCUT2D eigenvalue weighted by atomic mass is 16.5. The molecule has 2 amide bonds. The number of hydrogen-bond acceptors (Lipinski definition) is 6. The van der Waals surface area contributed by atoms with E-state index >= 15 is 0 Å². The Morgan fingerprint density at radius 3 is 2.16 bits per heavy atom. The molecule has 0 bridgehead atoms. The van der Waals surface area contributed by atoms with Crippen molar-refractivity contribution in [1.82, 2.24) is 10.6 Å². The second-order valence-electron chi connectivity index (χ2n) is 4.05. The largest absolute Gasteiger partial charge is 0.460 e. The molecule has 110 valence electrons. The lowest BCUT2D eigenvalue weighted by Crippen LogP contribution is -2.59. The fraction of sp³-hybridized carbons (Fsp3) is 0.636. The Morgan fingerprint density at radius 1 is 1.21 bits per heavy atom. The number of hydrogen-bond donors (Lipinski definition) is 5. The number of aliphatic hydroxyl groups excluding tert-OH is 3. The third-order valence-corrected chi connectivity index (χ3v) is 2.26. The van der Waals surface area contributed by atoms with Gasteiger partial charge in [0.15, 0.2) is 0 Å². The highest BCUT2D eigenvalue weighted by Crippen LogP contribution is 2.00. The lowest BCUT2D eigenvalue weighted by Gasteiger charge is -2.28. The zero-order valence-corrected chi connectivity index (χ0v) is 10.8. The van der Waals surface area contributed by atoms with Gasteiger partial charge in [0.1, 0.15) is 12.1 Å². The molecule has 0 aromatic carbocycles. The van der Waals surface area contributed by atoms with Crippen LogP contribution in [0.15, 0.2) is 12.2 Å². The molecule has 5 N–H and O–H groups in total. The molecule has 0 unspecified atom stereocenters. The van der Waals surface area contributed by atoms with Gasteiger partial charge in [-0.05, 0) is 6.92 Å². The molecule has 0 radical (unpaired) electrons. The van der Waals surface area contributed by atoms with Gasteiger partial charge in [-0.2, -0.15) is 0 Å². The summed E-state index contributed by atoms with van der Waals surface area (Å²) in [5, 5.41) is 31.5. The highest BCUT2D eigenvalue weighted by molar-refractivity contribution is 5.86. The normalized spacial score (nSPS) is 10.7. The molecule has 0 heterocycles. The van der Waals surface area contributed by atoms with Gasteiger partial charge >= 0.3 is 12.0 Å². The van der Waals surface area contributed by atoms with E-state index in [1.54, 1.807) is 0 Å². The molecule has 0 saturated carbocycles. The summed E-state index contributed by atoms with van der Waals surface area (Å²) in [6.45, 7) is 3.06. The summed E-state index contributed by atoms with van der Waals surface area (Å²) < 4.78 is 4.73. The molecule has 0 fully saturated rings. The van der Waals surface area contributed by atoms with Gasteiger partial charge in [0.25, 0.3) is 0 Å². The van der Waals surface area contributed by atoms with E-state index in [1.807, 2.05) is 0 Å². The Balaban J connectivity index is 3.99. The van der Waals surface area contributed by atoms with E-state index in [-0.39, 0.29) is 18.7 Å². The Kier molecular flexibility index (Phi) is 7.73. The van der Waals surface area contributed by atoms with E-state index in [2.05, 4.69) is 17.2 Å². The standard InChI is InChI=1S/C11H20N2O6/c1-8(2)9(17)19-4-3-12-10(18)13-11(5-14,6-15)7-16/h14-16H,1,3-7H2,2H3,(H2,12,13,18). The van der Waals surface area contributed by atoms with Gasteiger partial charge in [-0.3, -0.25) is 0 Å². The SMILES string of the molecule is C=C(C)C(=O)OCCNC(=O)NC(CO)(CO)CO. The lowest BCUT2D eigenvalue weighted by atomic mass is 10.0. The Labute approximate surface area is 111 Å². The summed E-state index contributed by atoms with van der Waals surface area (Å²) in [4.78, 5) is 22.4. The van der Waals surface area contributed by atoms with Gasteiger partial charge in [-0.1, -0.05) is 6.58 Å². The van der Waals surface area contributed by atoms with Crippen LogP contribution < -0.4 is 10.6 Å². The molecule has 8 nitrogen and oxygen atoms in total. The first-order chi connectivity index (χ1) is 8.90. The Morgan fingerprint density at radius 2 is 1.74 bits per heavy atom. The first kappa shape index (κ1) is 17.4. The highest BCUT2D eigenvalue weighted by Gasteiger charge is 2.29. The van der Waals surface area contributed by atoms with Gasteiger partial charge in [0.2, 0.25) is 0 Å². The van der Waals surface area contributed by atoms with Crippen LogP contribution in [0.1, 0.15) is 6.92 Å². The van der Waals surface area contributed by atoms with Crippen LogP contribution in [0, 0.1) is 0 Å². The summed E-state index contributed by atoms with van der Waals surface area (Å²) >= 11 is 0. The van der Waals surface area contributed by atoms with Crippen molar-refractivity contribution in [2.45, 2.75) is 12.5 Å². The maximum atomic E-state index is 11.4. The number of amides is 2. The molecule has 0 atom stereocenters. The number of urea groups is 1. The monoisotopic (exact) mass is 276 g/mol. The molecule has 0 aromatic heterocycles. The van der Waals surface area contributed by atoms with Crippen molar-refractivity contribution in [3.63, 3.8) is 0 Å². The molecule has 0 spiro atoms. The average molecular weight is 276 g/mol. The molecule has 0 aliphatic carbocycles. The summed E-state index contributed by atoms with van der Waals surface area (Å²) in [6.07, 6.45) is 0. The minimum Gasteiger partial charge on any atom is -0.460 e. The minimum atomic E-state index is -1.49. The van der Waals surface area contributed by atoms with E-state index in [4.69, 9.17) is 20.1 Å². The van der Waals surface area contributed by atoms with Crippen molar-refractivity contribution in [2.75, 3.05) is 33.0 Å². The Hall–Kier alpha value is -1.64. The maximum absolute atomic E-state index is 11.4. The van der Waals surface area contributed by atoms with Crippen molar-refractivity contribution in [1.29, 1.82) is 0 Å². The van der Waals surface area contributed by atoms with E-state index in [9.17, 15) is 9.59 Å². The predicted molar refractivity (Wildman–Crippen MR) is 66.3 cm³/mol. The third kappa shape index (κ3) is 6.18. The topological polar surface area (TPSA) is 128 Å². The molecule has 8 heteroatoms. The zero-order chi connectivity index (χ0) is 14.9. The summed E-state index contributed by atoms with van der Waals surface area (Å²) in [5.41, 5.74) is -1.23. The predicted octanol–water partition coefficient (Wildman–Crippen LogP) is -1.88. The van der Waals surface area contributed by atoms with Crippen LogP contribution in [0.3, 0.4) is 0 Å². The van der Waals surface area contributed by atoms with Gasteiger partial charge < -0.3 is 30.7 Å². The first-order valence-electron chi connectivity index (χ1n) is 5.62. The Bertz CT molecular complexity index is 319. The van der Waals surface area contributed by atoms with E-state index < -0.39 is 37.4 Å². The quantitative estimate of drug-likeness (QED) is 0.200. The van der Waals surface area contributed by atoms with Gasteiger partial charge in [-0.25, -0.2) is 9.59 Å². The average Bonchev–Trinajstić information content (AvgIpc) is 2.40. The van der Waals surface area contributed by atoms with Crippen LogP contribution in [0.4, 0.5) is 4.79 Å². The van der Waals surface area contributed by atoms with Crippen LogP contribution in [0.25, 0.3) is 0 Å². The molecule has 0 saturated heterocycles. The van der Waals surface area contributed by atoms with Gasteiger partial charge in [0.05, 0.1) is 26.4 Å². The van der Waals surface area contributed by atoms with Crippen molar-refractivity contribution >= 4 is 12.0 Å². The molecule has 0 aliphatic heterocycles. The fourth-order valence-electron chi connectivity index (χ4n) is 0.985. The number of ether oxygens (including phenoxy) is 1. The third-order valence-electron chi connectivity index (χ3n) is 2.26. The van der Waals surface area contributed by atoms with E-state index in [1.165, 1.54) is 6.92 Å². The minimum absolute atomic E-state index is 0.0382. The molecule has 0 aliphatic rings. The van der Waals surface area contributed by atoms with Crippen molar-refractivity contribution < 1.29 is 29.6 Å². The first-order valence-corrected chi connectivity index (χ1v) is 5.62. The van der Waals surface area contributed by atoms with Crippen LogP contribution in [-0.4, -0.2) is 65.8 Å². The fourth-order valence-corrected chi connectivity index (χ4v) is 0.985. The summed E-state index contributed by atoms with van der Waals surface area (Å²) in [6, 6.07) is -0.705. The van der Waals surface area contributed by atoms with Crippen molar-refractivity contribution in [2.24, 2.45) is 0 Å². The summed E-state index contributed by atoms with van der Waals surface area (Å²) in [5.74, 6) is -0.558. The second kappa shape index (κ2) is 8.46. The van der Waals surface area contributed by atoms with Crippen LogP contribution in [-0.2, 0) is 9.53 Å². The number of aliphatic hydroxyl groups is 3. The van der Waals surface area contributed by atoms with Gasteiger partial charge in [0, 0.05) is 5.57 Å². The maximum Gasteiger partial charge on any atom is 0.333 e. The molecule has 0 aromatic rings. The van der Waals surface area contributed by atoms with Crippen LogP contribution in [0.2, 0.25) is 0 Å². The molecular formula is C11H20N2O6. The second-order valence-corrected chi connectivity index (χ2v) is 4.05. The molecular weight excluding hydrogens is 256 g/mol. The van der Waals surface area contributed by atoms with Crippen molar-refractivity contribution in [3.8, 4) is 0 Å². The van der Waals surface area contributed by atoms with Crippen LogP contribution >= 0.6 is 0 Å². The smallest absolute Gasteiger partial charge is 0.333 e. The molecule has 0 rings (SSSR count). The van der Waals surface area contributed by atoms with Crippen LogP contribution in [0.5, 0.6) is 0 Å². The number of nitrogens with one attached hydrogen (secondary N) is 2. The van der Waals surface area contributed by atoms with Gasteiger partial charge in [-0.15, -0.1) is 0 Å². The number of esters is 1. The summed E-state index contributed by atoms with van der Waals surface area (Å²) in [7, 11) is 0. The lowest BCUT2D eigenvalue weighted by molar-refractivity contribution is -0.138. The zero-order valence-electron chi connectivity index (χ0n) is 10.8.